The number of esters is 1. The molecule has 0 fully saturated rings. The Labute approximate surface area is 141 Å². The van der Waals surface area contributed by atoms with Crippen LogP contribution in [0.25, 0.3) is 11.3 Å². The van der Waals surface area contributed by atoms with Gasteiger partial charge in [0.1, 0.15) is 0 Å². The Hall–Kier alpha value is -1.63. The van der Waals surface area contributed by atoms with Crippen LogP contribution in [0.1, 0.15) is 0 Å². The highest BCUT2D eigenvalue weighted by atomic mass is 35.5. The minimum absolute atomic E-state index is 0.433. The SMILES string of the molecule is COC(=O)C(C=O)N(C)c1nc(-c2ccc(Cl)c(Cl)c2)cs1. The van der Waals surface area contributed by atoms with Crippen molar-refractivity contribution in [2.45, 2.75) is 6.04 Å². The molecule has 5 nitrogen and oxygen atoms in total. The van der Waals surface area contributed by atoms with Crippen LogP contribution in [0.4, 0.5) is 5.13 Å². The monoisotopic (exact) mass is 358 g/mol. The van der Waals surface area contributed by atoms with Crippen molar-refractivity contribution in [1.82, 2.24) is 4.98 Å². The topological polar surface area (TPSA) is 59.5 Å². The first-order chi connectivity index (χ1) is 10.5. The molecule has 2 aromatic rings. The van der Waals surface area contributed by atoms with E-state index in [9.17, 15) is 9.59 Å². The van der Waals surface area contributed by atoms with Gasteiger partial charge in [0, 0.05) is 18.0 Å². The highest BCUT2D eigenvalue weighted by Crippen LogP contribution is 2.31. The lowest BCUT2D eigenvalue weighted by Gasteiger charge is -2.20. The number of benzene rings is 1. The van der Waals surface area contributed by atoms with Crippen molar-refractivity contribution in [2.75, 3.05) is 19.1 Å². The number of methoxy groups -OCH3 is 1. The molecule has 0 radical (unpaired) electrons. The molecule has 0 saturated heterocycles. The fourth-order valence-corrected chi connectivity index (χ4v) is 2.89. The van der Waals surface area contributed by atoms with E-state index >= 15 is 0 Å². The minimum atomic E-state index is -1.03. The molecule has 8 heteroatoms. The maximum atomic E-state index is 11.6. The van der Waals surface area contributed by atoms with Crippen molar-refractivity contribution in [3.05, 3.63) is 33.6 Å². The lowest BCUT2D eigenvalue weighted by Crippen LogP contribution is -2.40. The van der Waals surface area contributed by atoms with Crippen LogP contribution in [0.15, 0.2) is 23.6 Å². The Balaban J connectivity index is 2.28. The summed E-state index contributed by atoms with van der Waals surface area (Å²) in [5.74, 6) is -0.635. The second kappa shape index (κ2) is 7.09. The summed E-state index contributed by atoms with van der Waals surface area (Å²) in [4.78, 5) is 28.5. The molecule has 116 valence electrons. The number of anilines is 1. The molecule has 0 spiro atoms. The quantitative estimate of drug-likeness (QED) is 0.466. The largest absolute Gasteiger partial charge is 0.467 e. The summed E-state index contributed by atoms with van der Waals surface area (Å²) < 4.78 is 4.60. The number of hydrogen-bond acceptors (Lipinski definition) is 6. The summed E-state index contributed by atoms with van der Waals surface area (Å²) in [5.41, 5.74) is 1.48. The van der Waals surface area contributed by atoms with Crippen molar-refractivity contribution >= 4 is 51.9 Å². The Morgan fingerprint density at radius 2 is 2.14 bits per heavy atom. The molecule has 0 aliphatic carbocycles. The molecule has 2 rings (SSSR count). The molecule has 1 unspecified atom stereocenters. The number of halogens is 2. The maximum absolute atomic E-state index is 11.6. The van der Waals surface area contributed by atoms with E-state index in [0.717, 1.165) is 5.56 Å². The number of aldehydes is 1. The predicted octanol–water partition coefficient (Wildman–Crippen LogP) is 3.29. The van der Waals surface area contributed by atoms with Crippen molar-refractivity contribution in [3.8, 4) is 11.3 Å². The second-order valence-electron chi connectivity index (χ2n) is 4.36. The first-order valence-electron chi connectivity index (χ1n) is 6.14. The third kappa shape index (κ3) is 3.40. The van der Waals surface area contributed by atoms with Gasteiger partial charge in [0.05, 0.1) is 22.8 Å². The molecule has 0 N–H and O–H groups in total. The molecule has 1 atom stereocenters. The normalized spacial score (nSPS) is 11.8. The molecule has 1 aromatic heterocycles. The molecule has 1 aromatic carbocycles. The van der Waals surface area contributed by atoms with Gasteiger partial charge in [0.15, 0.2) is 17.5 Å². The number of aromatic nitrogens is 1. The zero-order valence-electron chi connectivity index (χ0n) is 11.7. The van der Waals surface area contributed by atoms with Gasteiger partial charge in [-0.15, -0.1) is 11.3 Å². The molecule has 22 heavy (non-hydrogen) atoms. The summed E-state index contributed by atoms with van der Waals surface area (Å²) in [6, 6.07) is 4.16. The van der Waals surface area contributed by atoms with Gasteiger partial charge in [-0.25, -0.2) is 9.78 Å². The Morgan fingerprint density at radius 1 is 1.41 bits per heavy atom. The maximum Gasteiger partial charge on any atom is 0.336 e. The summed E-state index contributed by atoms with van der Waals surface area (Å²) in [5, 5.41) is 3.22. The first kappa shape index (κ1) is 16.7. The molecule has 0 saturated carbocycles. The number of thiazole rings is 1. The zero-order valence-corrected chi connectivity index (χ0v) is 14.1. The molecule has 0 amide bonds. The highest BCUT2D eigenvalue weighted by Gasteiger charge is 2.25. The number of likely N-dealkylation sites (N-methyl/N-ethyl adjacent to an activating group) is 1. The van der Waals surface area contributed by atoms with Crippen LogP contribution in [-0.4, -0.2) is 37.4 Å². The molecule has 0 bridgehead atoms. The van der Waals surface area contributed by atoms with E-state index in [4.69, 9.17) is 23.2 Å². The minimum Gasteiger partial charge on any atom is -0.467 e. The van der Waals surface area contributed by atoms with Gasteiger partial charge in [0.25, 0.3) is 0 Å². The Morgan fingerprint density at radius 3 is 2.73 bits per heavy atom. The van der Waals surface area contributed by atoms with E-state index in [2.05, 4.69) is 9.72 Å². The highest BCUT2D eigenvalue weighted by molar-refractivity contribution is 7.14. The van der Waals surface area contributed by atoms with E-state index in [1.54, 1.807) is 25.2 Å². The second-order valence-corrected chi connectivity index (χ2v) is 6.01. The lowest BCUT2D eigenvalue weighted by atomic mass is 10.2. The predicted molar refractivity (Wildman–Crippen MR) is 87.8 cm³/mol. The Bertz CT molecular complexity index is 705. The number of carbonyl (C=O) groups is 2. The Kier molecular flexibility index (Phi) is 5.39. The van der Waals surface area contributed by atoms with Crippen molar-refractivity contribution < 1.29 is 14.3 Å². The third-order valence-corrected chi connectivity index (χ3v) is 4.67. The average molecular weight is 359 g/mol. The average Bonchev–Trinajstić information content (AvgIpc) is 3.00. The van der Waals surface area contributed by atoms with Crippen LogP contribution in [0, 0.1) is 0 Å². The van der Waals surface area contributed by atoms with Gasteiger partial charge in [-0.1, -0.05) is 29.3 Å². The summed E-state index contributed by atoms with van der Waals surface area (Å²) in [6.07, 6.45) is 0.520. The standard InChI is InChI=1S/C14H12Cl2N2O3S/c1-18(12(6-19)13(20)21-2)14-17-11(7-22-14)8-3-4-9(15)10(16)5-8/h3-7,12H,1-2H3. The lowest BCUT2D eigenvalue weighted by molar-refractivity contribution is -0.143. The van der Waals surface area contributed by atoms with Gasteiger partial charge >= 0.3 is 5.97 Å². The van der Waals surface area contributed by atoms with E-state index in [1.165, 1.54) is 23.3 Å². The van der Waals surface area contributed by atoms with Gasteiger partial charge in [0.2, 0.25) is 0 Å². The van der Waals surface area contributed by atoms with E-state index in [-0.39, 0.29) is 0 Å². The number of rotatable bonds is 5. The number of hydrogen-bond donors (Lipinski definition) is 0. The number of nitrogens with zero attached hydrogens (tertiary/aromatic N) is 2. The van der Waals surface area contributed by atoms with Crippen LogP contribution in [-0.2, 0) is 14.3 Å². The zero-order chi connectivity index (χ0) is 16.3. The molecule has 0 aliphatic heterocycles. The molecular weight excluding hydrogens is 347 g/mol. The van der Waals surface area contributed by atoms with Gasteiger partial charge in [-0.2, -0.15) is 0 Å². The van der Waals surface area contributed by atoms with Crippen LogP contribution in [0.3, 0.4) is 0 Å². The number of ether oxygens (including phenoxy) is 1. The molecule has 1 heterocycles. The summed E-state index contributed by atoms with van der Waals surface area (Å²) in [7, 11) is 2.84. The van der Waals surface area contributed by atoms with E-state index in [1.807, 2.05) is 5.38 Å². The van der Waals surface area contributed by atoms with Crippen LogP contribution in [0.2, 0.25) is 10.0 Å². The van der Waals surface area contributed by atoms with Crippen LogP contribution in [0.5, 0.6) is 0 Å². The summed E-state index contributed by atoms with van der Waals surface area (Å²) >= 11 is 13.2. The molecule has 0 aliphatic rings. The van der Waals surface area contributed by atoms with Gasteiger partial charge in [-0.3, -0.25) is 0 Å². The van der Waals surface area contributed by atoms with Crippen LogP contribution < -0.4 is 4.90 Å². The summed E-state index contributed by atoms with van der Waals surface area (Å²) in [6.45, 7) is 0. The number of carbonyl (C=O) groups excluding carboxylic acids is 2. The van der Waals surface area contributed by atoms with Crippen LogP contribution >= 0.6 is 34.5 Å². The fraction of sp³-hybridized carbons (Fsp3) is 0.214. The van der Waals surface area contributed by atoms with Crippen molar-refractivity contribution in [1.29, 1.82) is 0 Å². The van der Waals surface area contributed by atoms with Gasteiger partial charge < -0.3 is 14.4 Å². The van der Waals surface area contributed by atoms with Crippen molar-refractivity contribution in [2.24, 2.45) is 0 Å². The van der Waals surface area contributed by atoms with E-state index in [0.29, 0.717) is 27.2 Å². The smallest absolute Gasteiger partial charge is 0.336 e. The van der Waals surface area contributed by atoms with E-state index < -0.39 is 12.0 Å². The van der Waals surface area contributed by atoms with Gasteiger partial charge in [-0.05, 0) is 12.1 Å². The molecular formula is C14H12Cl2N2O3S. The third-order valence-electron chi connectivity index (χ3n) is 3.00. The fourth-order valence-electron chi connectivity index (χ4n) is 1.76. The van der Waals surface area contributed by atoms with Crippen molar-refractivity contribution in [3.63, 3.8) is 0 Å². The first-order valence-corrected chi connectivity index (χ1v) is 7.78.